The first-order valence-corrected chi connectivity index (χ1v) is 7.84. The second kappa shape index (κ2) is 6.14. The summed E-state index contributed by atoms with van der Waals surface area (Å²) in [5.41, 5.74) is 1.12. The molecule has 5 nitrogen and oxygen atoms in total. The van der Waals surface area contributed by atoms with Crippen molar-refractivity contribution in [3.63, 3.8) is 0 Å². The van der Waals surface area contributed by atoms with Crippen molar-refractivity contribution >= 4 is 50.9 Å². The Hall–Kier alpha value is -2.18. The number of nitrogens with one attached hydrogen (secondary N) is 1. The predicted octanol–water partition coefficient (Wildman–Crippen LogP) is 3.34. The van der Waals surface area contributed by atoms with Crippen molar-refractivity contribution in [1.29, 1.82) is 0 Å². The summed E-state index contributed by atoms with van der Waals surface area (Å²) < 4.78 is 0.706. The summed E-state index contributed by atoms with van der Waals surface area (Å²) in [5.74, 6) is -1.40. The van der Waals surface area contributed by atoms with E-state index in [1.807, 2.05) is 0 Å². The first-order chi connectivity index (χ1) is 11.0. The average Bonchev–Trinajstić information content (AvgIpc) is 2.76. The van der Waals surface area contributed by atoms with Gasteiger partial charge in [0.1, 0.15) is 6.54 Å². The van der Waals surface area contributed by atoms with Crippen LogP contribution in [0.4, 0.5) is 5.69 Å². The van der Waals surface area contributed by atoms with E-state index >= 15 is 0 Å². The highest BCUT2D eigenvalue weighted by Crippen LogP contribution is 2.26. The molecule has 0 fully saturated rings. The number of benzene rings is 2. The molecule has 0 aromatic heterocycles. The van der Waals surface area contributed by atoms with Gasteiger partial charge in [0.15, 0.2) is 0 Å². The Bertz CT molecular complexity index is 803. The molecule has 0 radical (unpaired) electrons. The standard InChI is InChI=1S/C16H10BrClN2O3/c17-12-6-5-9(7-13(12)18)19-14(21)8-20-15(22)10-3-1-2-4-11(10)16(20)23/h1-7H,8H2,(H,19,21). The van der Waals surface area contributed by atoms with Crippen LogP contribution in [0.3, 0.4) is 0 Å². The number of fused-ring (bicyclic) bond motifs is 1. The van der Waals surface area contributed by atoms with Crippen LogP contribution < -0.4 is 5.32 Å². The third kappa shape index (κ3) is 3.00. The van der Waals surface area contributed by atoms with E-state index in [2.05, 4.69) is 21.2 Å². The van der Waals surface area contributed by atoms with Crippen molar-refractivity contribution < 1.29 is 14.4 Å². The van der Waals surface area contributed by atoms with Gasteiger partial charge in [0, 0.05) is 10.2 Å². The van der Waals surface area contributed by atoms with Gasteiger partial charge >= 0.3 is 0 Å². The molecule has 0 unspecified atom stereocenters. The number of carbonyl (C=O) groups is 3. The van der Waals surface area contributed by atoms with Gasteiger partial charge < -0.3 is 5.32 Å². The number of hydrogen-bond acceptors (Lipinski definition) is 3. The molecule has 2 aromatic carbocycles. The Morgan fingerprint density at radius 3 is 2.26 bits per heavy atom. The molecule has 0 bridgehead atoms. The molecule has 2 aromatic rings. The number of imide groups is 1. The molecule has 23 heavy (non-hydrogen) atoms. The van der Waals surface area contributed by atoms with Crippen LogP contribution in [-0.4, -0.2) is 29.2 Å². The molecule has 7 heteroatoms. The first-order valence-electron chi connectivity index (χ1n) is 6.67. The van der Waals surface area contributed by atoms with Crippen LogP contribution in [0.15, 0.2) is 46.9 Å². The summed E-state index contributed by atoms with van der Waals surface area (Å²) in [6.07, 6.45) is 0. The maximum atomic E-state index is 12.2. The molecule has 116 valence electrons. The Morgan fingerprint density at radius 2 is 1.70 bits per heavy atom. The summed E-state index contributed by atoms with van der Waals surface area (Å²) in [6, 6.07) is 11.4. The van der Waals surface area contributed by atoms with Gasteiger partial charge in [-0.25, -0.2) is 0 Å². The van der Waals surface area contributed by atoms with E-state index in [1.165, 1.54) is 0 Å². The van der Waals surface area contributed by atoms with Gasteiger partial charge in [-0.15, -0.1) is 0 Å². The molecule has 0 saturated carbocycles. The van der Waals surface area contributed by atoms with Gasteiger partial charge in [-0.1, -0.05) is 23.7 Å². The highest BCUT2D eigenvalue weighted by molar-refractivity contribution is 9.10. The third-order valence-electron chi connectivity index (χ3n) is 3.38. The van der Waals surface area contributed by atoms with Crippen LogP contribution >= 0.6 is 27.5 Å². The molecule has 1 heterocycles. The fraction of sp³-hybridized carbons (Fsp3) is 0.0625. The molecule has 1 aliphatic rings. The van der Waals surface area contributed by atoms with E-state index in [0.29, 0.717) is 26.3 Å². The number of nitrogens with zero attached hydrogens (tertiary/aromatic N) is 1. The Balaban J connectivity index is 1.73. The van der Waals surface area contributed by atoms with Crippen LogP contribution in [-0.2, 0) is 4.79 Å². The zero-order valence-electron chi connectivity index (χ0n) is 11.7. The topological polar surface area (TPSA) is 66.5 Å². The van der Waals surface area contributed by atoms with Crippen LogP contribution in [0.1, 0.15) is 20.7 Å². The fourth-order valence-corrected chi connectivity index (χ4v) is 2.73. The molecule has 3 amide bonds. The van der Waals surface area contributed by atoms with Crippen LogP contribution in [0.25, 0.3) is 0 Å². The van der Waals surface area contributed by atoms with Gasteiger partial charge in [0.2, 0.25) is 5.91 Å². The van der Waals surface area contributed by atoms with Crippen molar-refractivity contribution in [2.24, 2.45) is 0 Å². The number of anilines is 1. The lowest BCUT2D eigenvalue weighted by Crippen LogP contribution is -2.37. The largest absolute Gasteiger partial charge is 0.324 e. The summed E-state index contributed by atoms with van der Waals surface area (Å²) in [7, 11) is 0. The zero-order valence-corrected chi connectivity index (χ0v) is 14.0. The number of amides is 3. The highest BCUT2D eigenvalue weighted by atomic mass is 79.9. The van der Waals surface area contributed by atoms with E-state index in [0.717, 1.165) is 4.90 Å². The summed E-state index contributed by atoms with van der Waals surface area (Å²) in [4.78, 5) is 37.4. The predicted molar refractivity (Wildman–Crippen MR) is 89.6 cm³/mol. The number of halogens is 2. The second-order valence-corrected chi connectivity index (χ2v) is 6.18. The van der Waals surface area contributed by atoms with Crippen molar-refractivity contribution in [3.05, 3.63) is 63.1 Å². The lowest BCUT2D eigenvalue weighted by molar-refractivity contribution is -0.116. The minimum Gasteiger partial charge on any atom is -0.324 e. The van der Waals surface area contributed by atoms with Gasteiger partial charge in [0.05, 0.1) is 16.1 Å². The second-order valence-electron chi connectivity index (χ2n) is 4.92. The monoisotopic (exact) mass is 392 g/mol. The van der Waals surface area contributed by atoms with Crippen molar-refractivity contribution in [3.8, 4) is 0 Å². The Kier molecular flexibility index (Phi) is 4.19. The minimum absolute atomic E-state index is 0.317. The SMILES string of the molecule is O=C(CN1C(=O)c2ccccc2C1=O)Nc1ccc(Br)c(Cl)c1. The highest BCUT2D eigenvalue weighted by Gasteiger charge is 2.36. The number of hydrogen-bond donors (Lipinski definition) is 1. The van der Waals surface area contributed by atoms with Crippen molar-refractivity contribution in [2.75, 3.05) is 11.9 Å². The molecular formula is C16H10BrClN2O3. The Morgan fingerprint density at radius 1 is 1.09 bits per heavy atom. The van der Waals surface area contributed by atoms with Crippen LogP contribution in [0, 0.1) is 0 Å². The summed E-state index contributed by atoms with van der Waals surface area (Å²) >= 11 is 9.21. The normalized spacial score (nSPS) is 13.2. The van der Waals surface area contributed by atoms with Crippen LogP contribution in [0.2, 0.25) is 5.02 Å². The van der Waals surface area contributed by atoms with Gasteiger partial charge in [0.25, 0.3) is 11.8 Å². The maximum absolute atomic E-state index is 12.2. The maximum Gasteiger partial charge on any atom is 0.262 e. The lowest BCUT2D eigenvalue weighted by Gasteiger charge is -2.13. The van der Waals surface area contributed by atoms with E-state index < -0.39 is 17.7 Å². The fourth-order valence-electron chi connectivity index (χ4n) is 2.30. The smallest absolute Gasteiger partial charge is 0.262 e. The average molecular weight is 394 g/mol. The molecule has 1 aliphatic heterocycles. The Labute approximate surface area is 145 Å². The molecule has 0 saturated heterocycles. The molecule has 1 N–H and O–H groups in total. The number of rotatable bonds is 3. The van der Waals surface area contributed by atoms with Gasteiger partial charge in [-0.05, 0) is 46.3 Å². The van der Waals surface area contributed by atoms with Crippen LogP contribution in [0.5, 0.6) is 0 Å². The van der Waals surface area contributed by atoms with E-state index in [1.54, 1.807) is 42.5 Å². The molecular weight excluding hydrogens is 384 g/mol. The van der Waals surface area contributed by atoms with Crippen molar-refractivity contribution in [2.45, 2.75) is 0 Å². The molecule has 0 atom stereocenters. The van der Waals surface area contributed by atoms with Gasteiger partial charge in [-0.2, -0.15) is 0 Å². The van der Waals surface area contributed by atoms with E-state index in [9.17, 15) is 14.4 Å². The summed E-state index contributed by atoms with van der Waals surface area (Å²) in [6.45, 7) is -0.347. The minimum atomic E-state index is -0.474. The first kappa shape index (κ1) is 15.7. The quantitative estimate of drug-likeness (QED) is 0.813. The zero-order chi connectivity index (χ0) is 16.6. The van der Waals surface area contributed by atoms with E-state index in [-0.39, 0.29) is 6.54 Å². The molecule has 0 aliphatic carbocycles. The molecule has 0 spiro atoms. The van der Waals surface area contributed by atoms with Crippen molar-refractivity contribution in [1.82, 2.24) is 4.90 Å². The van der Waals surface area contributed by atoms with Gasteiger partial charge in [-0.3, -0.25) is 19.3 Å². The van der Waals surface area contributed by atoms with E-state index in [4.69, 9.17) is 11.6 Å². The third-order valence-corrected chi connectivity index (χ3v) is 4.62. The number of carbonyl (C=O) groups excluding carboxylic acids is 3. The summed E-state index contributed by atoms with van der Waals surface area (Å²) in [5, 5.41) is 3.06. The molecule has 3 rings (SSSR count). The lowest BCUT2D eigenvalue weighted by atomic mass is 10.1.